The molecule has 0 amide bonds. The van der Waals surface area contributed by atoms with Crippen LogP contribution < -0.4 is 20.9 Å². The maximum absolute atomic E-state index is 13.7. The smallest absolute Gasteiger partial charge is 0.459 e. The Morgan fingerprint density at radius 1 is 1.27 bits per heavy atom. The highest BCUT2D eigenvalue weighted by Crippen LogP contribution is 2.62. The summed E-state index contributed by atoms with van der Waals surface area (Å²) in [5.41, 5.74) is -1.94. The van der Waals surface area contributed by atoms with Gasteiger partial charge in [0.25, 0.3) is 5.56 Å². The number of rotatable bonds is 11. The van der Waals surface area contributed by atoms with Crippen molar-refractivity contribution in [3.05, 3.63) is 63.4 Å². The minimum atomic E-state index is -4.17. The molecule has 12 nitrogen and oxygen atoms in total. The summed E-state index contributed by atoms with van der Waals surface area (Å²) >= 11 is 0. The van der Waals surface area contributed by atoms with Crippen LogP contribution in [0, 0.1) is 5.41 Å². The Morgan fingerprint density at radius 3 is 2.59 bits per heavy atom. The predicted octanol–water partition coefficient (Wildman–Crippen LogP) is 2.10. The van der Waals surface area contributed by atoms with Crippen molar-refractivity contribution < 1.29 is 33.0 Å². The molecule has 6 unspecified atom stereocenters. The van der Waals surface area contributed by atoms with Crippen LogP contribution in [0.1, 0.15) is 46.3 Å². The Bertz CT molecular complexity index is 1260. The number of esters is 1. The van der Waals surface area contributed by atoms with E-state index in [0.29, 0.717) is 19.3 Å². The summed E-state index contributed by atoms with van der Waals surface area (Å²) in [4.78, 5) is 38.5. The third kappa shape index (κ3) is 6.05. The summed E-state index contributed by atoms with van der Waals surface area (Å²) in [6.07, 6.45) is -0.0316. The van der Waals surface area contributed by atoms with E-state index in [0.717, 1.165) is 0 Å². The molecule has 6 atom stereocenters. The van der Waals surface area contributed by atoms with Crippen LogP contribution in [0.25, 0.3) is 0 Å². The molecule has 1 saturated heterocycles. The van der Waals surface area contributed by atoms with Gasteiger partial charge in [0.1, 0.15) is 24.1 Å². The van der Waals surface area contributed by atoms with Crippen LogP contribution in [-0.4, -0.2) is 51.6 Å². The largest absolute Gasteiger partial charge is 0.462 e. The molecule has 37 heavy (non-hydrogen) atoms. The lowest BCUT2D eigenvalue weighted by Crippen LogP contribution is -2.38. The van der Waals surface area contributed by atoms with Crippen LogP contribution >= 0.6 is 7.75 Å². The van der Waals surface area contributed by atoms with E-state index in [4.69, 9.17) is 18.5 Å². The van der Waals surface area contributed by atoms with E-state index >= 15 is 0 Å². The molecule has 202 valence electrons. The number of aliphatic hydroxyl groups is 1. The summed E-state index contributed by atoms with van der Waals surface area (Å²) in [6, 6.07) is 8.47. The number of hydrogen-bond donors (Lipinski definition) is 3. The Balaban J connectivity index is 1.50. The van der Waals surface area contributed by atoms with Crippen molar-refractivity contribution in [1.82, 2.24) is 14.6 Å². The molecule has 1 aliphatic carbocycles. The first-order valence-electron chi connectivity index (χ1n) is 12.2. The molecule has 1 aliphatic heterocycles. The number of H-pyrrole nitrogens is 1. The monoisotopic (exact) mass is 537 g/mol. The summed E-state index contributed by atoms with van der Waals surface area (Å²) in [5, 5.41) is 13.6. The average Bonchev–Trinajstić information content (AvgIpc) is 3.61. The van der Waals surface area contributed by atoms with Gasteiger partial charge in [-0.05, 0) is 45.2 Å². The van der Waals surface area contributed by atoms with E-state index in [-0.39, 0.29) is 18.5 Å². The van der Waals surface area contributed by atoms with Crippen molar-refractivity contribution in [1.29, 1.82) is 0 Å². The van der Waals surface area contributed by atoms with Crippen molar-refractivity contribution in [2.75, 3.05) is 6.61 Å². The van der Waals surface area contributed by atoms with Crippen molar-refractivity contribution in [2.45, 2.75) is 70.6 Å². The molecule has 13 heteroatoms. The lowest BCUT2D eigenvalue weighted by atomic mass is 9.96. The zero-order chi connectivity index (χ0) is 26.8. The number of aliphatic hydroxyl groups excluding tert-OH is 1. The molecule has 1 aromatic heterocycles. The van der Waals surface area contributed by atoms with Gasteiger partial charge in [-0.25, -0.2) is 9.36 Å². The van der Waals surface area contributed by atoms with Crippen LogP contribution in [-0.2, 0) is 23.4 Å². The first kappa shape index (κ1) is 27.3. The third-order valence-electron chi connectivity index (χ3n) is 6.64. The van der Waals surface area contributed by atoms with E-state index in [1.54, 1.807) is 37.3 Å². The van der Waals surface area contributed by atoms with Gasteiger partial charge in [0, 0.05) is 17.7 Å². The zero-order valence-corrected chi connectivity index (χ0v) is 21.8. The lowest BCUT2D eigenvalue weighted by molar-refractivity contribution is -0.150. The second kappa shape index (κ2) is 10.9. The van der Waals surface area contributed by atoms with Crippen LogP contribution in [0.4, 0.5) is 0 Å². The fourth-order valence-corrected chi connectivity index (χ4v) is 5.72. The molecule has 1 aromatic carbocycles. The number of carbonyl (C=O) groups is 1. The van der Waals surface area contributed by atoms with Crippen LogP contribution in [0.3, 0.4) is 0 Å². The van der Waals surface area contributed by atoms with Crippen LogP contribution in [0.5, 0.6) is 5.75 Å². The average molecular weight is 538 g/mol. The predicted molar refractivity (Wildman–Crippen MR) is 132 cm³/mol. The van der Waals surface area contributed by atoms with Gasteiger partial charge >= 0.3 is 19.4 Å². The Hall–Kier alpha value is -2.76. The first-order chi connectivity index (χ1) is 17.6. The van der Waals surface area contributed by atoms with E-state index in [9.17, 15) is 24.1 Å². The molecule has 1 spiro atoms. The molecule has 4 rings (SSSR count). The number of nitrogens with zero attached hydrogens (tertiary/aromatic N) is 1. The van der Waals surface area contributed by atoms with Gasteiger partial charge in [0.05, 0.1) is 18.8 Å². The SMILES string of the molecule is CCC(C)OC(=O)C(C)NP(=O)(OCC1OC(n2ccc(=O)[nH]c2=O)C2(CC2)C1O)Oc1ccccc1. The lowest BCUT2D eigenvalue weighted by Gasteiger charge is -2.25. The quantitative estimate of drug-likeness (QED) is 0.286. The molecule has 0 bridgehead atoms. The summed E-state index contributed by atoms with van der Waals surface area (Å²) < 4.78 is 37.6. The topological polar surface area (TPSA) is 158 Å². The zero-order valence-electron chi connectivity index (χ0n) is 20.9. The molecule has 2 aromatic rings. The fraction of sp³-hybridized carbons (Fsp3) is 0.542. The summed E-state index contributed by atoms with van der Waals surface area (Å²) in [7, 11) is -4.17. The molecule has 2 aliphatic rings. The molecule has 2 heterocycles. The number of benzene rings is 1. The van der Waals surface area contributed by atoms with Crippen LogP contribution in [0.2, 0.25) is 0 Å². The fourth-order valence-electron chi connectivity index (χ4n) is 4.22. The number of ether oxygens (including phenoxy) is 2. The molecular formula is C24H32N3O9P. The number of nitrogens with one attached hydrogen (secondary N) is 2. The highest BCUT2D eigenvalue weighted by atomic mass is 31.2. The van der Waals surface area contributed by atoms with Gasteiger partial charge in [0.15, 0.2) is 0 Å². The first-order valence-corrected chi connectivity index (χ1v) is 13.7. The van der Waals surface area contributed by atoms with E-state index in [2.05, 4.69) is 10.1 Å². The van der Waals surface area contributed by atoms with Gasteiger partial charge < -0.3 is 19.1 Å². The number of hydrogen-bond acceptors (Lipinski definition) is 9. The molecule has 3 N–H and O–H groups in total. The Labute approximate surface area is 213 Å². The molecule has 0 radical (unpaired) electrons. The second-order valence-corrected chi connectivity index (χ2v) is 11.1. The van der Waals surface area contributed by atoms with Crippen molar-refractivity contribution in [3.63, 3.8) is 0 Å². The number of aromatic nitrogens is 2. The van der Waals surface area contributed by atoms with Crippen LogP contribution in [0.15, 0.2) is 52.2 Å². The maximum Gasteiger partial charge on any atom is 0.459 e. The van der Waals surface area contributed by atoms with Gasteiger partial charge in [-0.3, -0.25) is 23.7 Å². The Morgan fingerprint density at radius 2 is 1.97 bits per heavy atom. The minimum absolute atomic E-state index is 0.241. The van der Waals surface area contributed by atoms with Gasteiger partial charge in [0.2, 0.25) is 0 Å². The standard InChI is InChI=1S/C24H32N3O9P/c1-4-15(2)34-21(30)16(3)26-37(32,36-17-8-6-5-7-9-17)33-14-18-20(29)24(11-12-24)22(35-18)27-13-10-19(28)25-23(27)31/h5-10,13,15-16,18,20,22,29H,4,11-12,14H2,1-3H3,(H,26,32)(H,25,28,31). The van der Waals surface area contributed by atoms with E-state index in [1.165, 1.54) is 23.8 Å². The summed E-state index contributed by atoms with van der Waals surface area (Å²) in [5.74, 6) is -0.383. The van der Waals surface area contributed by atoms with Crippen molar-refractivity contribution >= 4 is 13.7 Å². The highest BCUT2D eigenvalue weighted by molar-refractivity contribution is 7.52. The molecule has 1 saturated carbocycles. The minimum Gasteiger partial charge on any atom is -0.462 e. The number of para-hydroxylation sites is 1. The van der Waals surface area contributed by atoms with Crippen molar-refractivity contribution in [2.24, 2.45) is 5.41 Å². The van der Waals surface area contributed by atoms with Gasteiger partial charge in [-0.15, -0.1) is 0 Å². The highest BCUT2D eigenvalue weighted by Gasteiger charge is 2.64. The van der Waals surface area contributed by atoms with E-state index in [1.807, 2.05) is 6.92 Å². The van der Waals surface area contributed by atoms with Gasteiger partial charge in [-0.1, -0.05) is 25.1 Å². The molecule has 2 fully saturated rings. The summed E-state index contributed by atoms with van der Waals surface area (Å²) in [6.45, 7) is 4.74. The van der Waals surface area contributed by atoms with E-state index < -0.39 is 54.9 Å². The third-order valence-corrected chi connectivity index (χ3v) is 8.29. The molecular weight excluding hydrogens is 505 g/mol. The number of aromatic amines is 1. The normalized spacial score (nSPS) is 25.2. The Kier molecular flexibility index (Phi) is 8.05. The maximum atomic E-state index is 13.7. The number of carbonyl (C=O) groups excluding carboxylic acids is 1. The second-order valence-electron chi connectivity index (χ2n) is 9.43. The van der Waals surface area contributed by atoms with Gasteiger partial charge in [-0.2, -0.15) is 5.09 Å². The van der Waals surface area contributed by atoms with Crippen molar-refractivity contribution in [3.8, 4) is 5.75 Å².